The van der Waals surface area contributed by atoms with Crippen molar-refractivity contribution in [2.24, 2.45) is 17.3 Å². The molecule has 2 rings (SSSR count). The first-order chi connectivity index (χ1) is 18.7. The Morgan fingerprint density at radius 2 is 1.65 bits per heavy atom. The normalized spacial score (nSPS) is 22.5. The van der Waals surface area contributed by atoms with Crippen molar-refractivity contribution in [2.75, 3.05) is 13.2 Å². The van der Waals surface area contributed by atoms with Crippen LogP contribution in [0.15, 0.2) is 42.5 Å². The van der Waals surface area contributed by atoms with Gasteiger partial charge in [0.05, 0.1) is 36.9 Å². The minimum absolute atomic E-state index is 0.0643. The molecule has 0 aromatic heterocycles. The lowest BCUT2D eigenvalue weighted by Gasteiger charge is -2.33. The zero-order valence-electron chi connectivity index (χ0n) is 24.7. The van der Waals surface area contributed by atoms with Crippen LogP contribution in [0.4, 0.5) is 0 Å². The molecule has 0 fully saturated rings. The average molecular weight is 559 g/mol. The van der Waals surface area contributed by atoms with Crippen LogP contribution in [0.25, 0.3) is 0 Å². The lowest BCUT2D eigenvalue weighted by atomic mass is 9.86. The molecule has 1 aliphatic heterocycles. The van der Waals surface area contributed by atoms with E-state index >= 15 is 0 Å². The van der Waals surface area contributed by atoms with Gasteiger partial charge in [-0.1, -0.05) is 63.3 Å². The number of aliphatic hydroxyl groups is 1. The summed E-state index contributed by atoms with van der Waals surface area (Å²) in [6.45, 7) is 10.8. The maximum atomic E-state index is 13.3. The third kappa shape index (κ3) is 11.9. The molecule has 2 amide bonds. The van der Waals surface area contributed by atoms with E-state index in [1.54, 1.807) is 32.9 Å². The summed E-state index contributed by atoms with van der Waals surface area (Å²) < 4.78 is 11.0. The predicted octanol–water partition coefficient (Wildman–Crippen LogP) is 3.48. The first-order valence-corrected chi connectivity index (χ1v) is 14.0. The number of benzene rings is 1. The number of carbonyl (C=O) groups excluding carboxylic acids is 4. The summed E-state index contributed by atoms with van der Waals surface area (Å²) in [5, 5.41) is 15.6. The maximum absolute atomic E-state index is 13.3. The first kappa shape index (κ1) is 33.0. The van der Waals surface area contributed by atoms with E-state index in [1.165, 1.54) is 0 Å². The van der Waals surface area contributed by atoms with E-state index in [1.807, 2.05) is 51.1 Å². The molecule has 222 valence electrons. The molecule has 3 N–H and O–H groups in total. The van der Waals surface area contributed by atoms with Crippen LogP contribution in [0.3, 0.4) is 0 Å². The summed E-state index contributed by atoms with van der Waals surface area (Å²) >= 11 is 0. The Morgan fingerprint density at radius 3 is 2.23 bits per heavy atom. The van der Waals surface area contributed by atoms with Crippen LogP contribution >= 0.6 is 0 Å². The van der Waals surface area contributed by atoms with Gasteiger partial charge in [-0.2, -0.15) is 0 Å². The Hall–Kier alpha value is -3.20. The van der Waals surface area contributed by atoms with E-state index in [2.05, 4.69) is 10.6 Å². The number of nitrogens with one attached hydrogen (secondary N) is 2. The van der Waals surface area contributed by atoms with Crippen molar-refractivity contribution in [3.63, 3.8) is 0 Å². The highest BCUT2D eigenvalue weighted by molar-refractivity contribution is 5.86. The zero-order chi connectivity index (χ0) is 29.9. The fourth-order valence-electron chi connectivity index (χ4n) is 4.30. The SMILES string of the molecule is CC(C)(C)OC(=O)C[C@@H]1C/C=C\C[C@H](CC(=O)N[C@@H](CO)Cc2ccccc2)C(=O)N[C@H](C(C)(C)C)COC1=O. The summed E-state index contributed by atoms with van der Waals surface area (Å²) in [5.41, 5.74) is -0.133. The van der Waals surface area contributed by atoms with Gasteiger partial charge in [-0.25, -0.2) is 0 Å². The summed E-state index contributed by atoms with van der Waals surface area (Å²) in [7, 11) is 0. The molecule has 4 atom stereocenters. The molecule has 0 spiro atoms. The number of allylic oxidation sites excluding steroid dienone is 2. The summed E-state index contributed by atoms with van der Waals surface area (Å²) in [6, 6.07) is 8.56. The smallest absolute Gasteiger partial charge is 0.309 e. The number of ether oxygens (including phenoxy) is 2. The van der Waals surface area contributed by atoms with E-state index < -0.39 is 46.9 Å². The van der Waals surface area contributed by atoms with Crippen LogP contribution in [0.5, 0.6) is 0 Å². The van der Waals surface area contributed by atoms with Gasteiger partial charge in [0.1, 0.15) is 12.2 Å². The zero-order valence-corrected chi connectivity index (χ0v) is 24.7. The van der Waals surface area contributed by atoms with Crippen LogP contribution in [0, 0.1) is 17.3 Å². The van der Waals surface area contributed by atoms with Crippen molar-refractivity contribution in [1.29, 1.82) is 0 Å². The Morgan fingerprint density at radius 1 is 1.02 bits per heavy atom. The highest BCUT2D eigenvalue weighted by atomic mass is 16.6. The van der Waals surface area contributed by atoms with Crippen molar-refractivity contribution in [3.8, 4) is 0 Å². The third-order valence-electron chi connectivity index (χ3n) is 6.64. The Kier molecular flexibility index (Phi) is 12.4. The predicted molar refractivity (Wildman–Crippen MR) is 152 cm³/mol. The summed E-state index contributed by atoms with van der Waals surface area (Å²) in [4.78, 5) is 51.6. The Labute approximate surface area is 238 Å². The standard InChI is InChI=1S/C31H46N2O7/c1-30(2,3)25-20-39-29(38)23(18-27(36)40-31(4,5)6)15-11-10-14-22(28(37)33-25)17-26(35)32-24(19-34)16-21-12-8-7-9-13-21/h7-13,22-25,34H,14-20H2,1-6H3,(H,32,35)(H,33,37)/b11-10-/t22-,23+,24-,25+/m1/s1. The number of esters is 2. The Balaban J connectivity index is 2.17. The monoisotopic (exact) mass is 558 g/mol. The minimum Gasteiger partial charge on any atom is -0.463 e. The van der Waals surface area contributed by atoms with E-state index in [9.17, 15) is 24.3 Å². The number of hydrogen-bond acceptors (Lipinski definition) is 7. The van der Waals surface area contributed by atoms with Crippen molar-refractivity contribution in [3.05, 3.63) is 48.0 Å². The molecule has 0 bridgehead atoms. The topological polar surface area (TPSA) is 131 Å². The number of carbonyl (C=O) groups is 4. The molecule has 9 nitrogen and oxygen atoms in total. The molecule has 1 aromatic carbocycles. The summed E-state index contributed by atoms with van der Waals surface area (Å²) in [6.07, 6.45) is 4.28. The molecule has 0 saturated carbocycles. The fraction of sp³-hybridized carbons (Fsp3) is 0.613. The fourth-order valence-corrected chi connectivity index (χ4v) is 4.30. The van der Waals surface area contributed by atoms with E-state index in [4.69, 9.17) is 9.47 Å². The number of cyclic esters (lactones) is 1. The minimum atomic E-state index is -0.730. The van der Waals surface area contributed by atoms with Gasteiger partial charge in [-0.3, -0.25) is 19.2 Å². The molecule has 9 heteroatoms. The van der Waals surface area contributed by atoms with Gasteiger partial charge in [0.15, 0.2) is 0 Å². The van der Waals surface area contributed by atoms with Gasteiger partial charge in [-0.05, 0) is 51.0 Å². The van der Waals surface area contributed by atoms with Crippen molar-refractivity contribution >= 4 is 23.8 Å². The van der Waals surface area contributed by atoms with Gasteiger partial charge < -0.3 is 25.2 Å². The molecule has 1 aromatic rings. The van der Waals surface area contributed by atoms with E-state index in [0.717, 1.165) is 5.56 Å². The first-order valence-electron chi connectivity index (χ1n) is 14.0. The largest absolute Gasteiger partial charge is 0.463 e. The maximum Gasteiger partial charge on any atom is 0.309 e. The molecule has 0 radical (unpaired) electrons. The molecule has 0 saturated heterocycles. The highest BCUT2D eigenvalue weighted by Gasteiger charge is 2.33. The number of rotatable bonds is 8. The molecule has 0 unspecified atom stereocenters. The average Bonchev–Trinajstić information content (AvgIpc) is 2.84. The molecular formula is C31H46N2O7. The molecule has 40 heavy (non-hydrogen) atoms. The van der Waals surface area contributed by atoms with Gasteiger partial charge in [0.2, 0.25) is 11.8 Å². The van der Waals surface area contributed by atoms with E-state index in [-0.39, 0.29) is 50.7 Å². The lowest BCUT2D eigenvalue weighted by Crippen LogP contribution is -2.50. The van der Waals surface area contributed by atoms with Crippen molar-refractivity contribution in [2.45, 2.75) is 91.3 Å². The second-order valence-corrected chi connectivity index (χ2v) is 12.5. The summed E-state index contributed by atoms with van der Waals surface area (Å²) in [5.74, 6) is -3.06. The van der Waals surface area contributed by atoms with Crippen LogP contribution < -0.4 is 10.6 Å². The third-order valence-corrected chi connectivity index (χ3v) is 6.64. The van der Waals surface area contributed by atoms with Crippen LogP contribution in [0.2, 0.25) is 0 Å². The molecule has 1 aliphatic rings. The van der Waals surface area contributed by atoms with Crippen molar-refractivity contribution in [1.82, 2.24) is 10.6 Å². The second kappa shape index (κ2) is 15.0. The molecule has 1 heterocycles. The van der Waals surface area contributed by atoms with Gasteiger partial charge in [0.25, 0.3) is 0 Å². The molecular weight excluding hydrogens is 512 g/mol. The van der Waals surface area contributed by atoms with Gasteiger partial charge in [-0.15, -0.1) is 0 Å². The number of aliphatic hydroxyl groups excluding tert-OH is 1. The second-order valence-electron chi connectivity index (χ2n) is 12.5. The van der Waals surface area contributed by atoms with Gasteiger partial charge in [0, 0.05) is 6.42 Å². The number of hydrogen-bond donors (Lipinski definition) is 3. The number of amides is 2. The highest BCUT2D eigenvalue weighted by Crippen LogP contribution is 2.24. The quantitative estimate of drug-likeness (QED) is 0.329. The van der Waals surface area contributed by atoms with Gasteiger partial charge >= 0.3 is 11.9 Å². The Bertz CT molecular complexity index is 1020. The van der Waals surface area contributed by atoms with Crippen molar-refractivity contribution < 1.29 is 33.8 Å². The molecule has 0 aliphatic carbocycles. The van der Waals surface area contributed by atoms with Crippen LogP contribution in [-0.2, 0) is 35.1 Å². The van der Waals surface area contributed by atoms with Crippen LogP contribution in [0.1, 0.15) is 72.8 Å². The van der Waals surface area contributed by atoms with Crippen LogP contribution in [-0.4, -0.2) is 59.8 Å². The lowest BCUT2D eigenvalue weighted by molar-refractivity contribution is -0.162. The van der Waals surface area contributed by atoms with E-state index in [0.29, 0.717) is 6.42 Å².